The van der Waals surface area contributed by atoms with Crippen LogP contribution in [0.5, 0.6) is 0 Å². The van der Waals surface area contributed by atoms with E-state index in [0.717, 1.165) is 13.1 Å². The molecule has 0 atom stereocenters. The lowest BCUT2D eigenvalue weighted by Crippen LogP contribution is -2.53. The summed E-state index contributed by atoms with van der Waals surface area (Å²) in [6.45, 7) is 11.9. The zero-order valence-corrected chi connectivity index (χ0v) is 14.9. The third kappa shape index (κ3) is 4.19. The summed E-state index contributed by atoms with van der Waals surface area (Å²) in [5.41, 5.74) is -2.76. The van der Waals surface area contributed by atoms with Gasteiger partial charge in [-0.3, -0.25) is 4.90 Å². The molecule has 2 rings (SSSR count). The Balaban J connectivity index is 2.27. The van der Waals surface area contributed by atoms with Crippen LogP contribution in [0.15, 0.2) is 12.1 Å². The minimum atomic E-state index is -4.60. The van der Waals surface area contributed by atoms with E-state index >= 15 is 0 Å². The fraction of sp³-hybridized carbons (Fsp3) is 0.706. The average molecular weight is 345 g/mol. The van der Waals surface area contributed by atoms with Crippen molar-refractivity contribution in [1.82, 2.24) is 9.88 Å². The predicted octanol–water partition coefficient (Wildman–Crippen LogP) is 3.25. The van der Waals surface area contributed by atoms with E-state index in [2.05, 4.69) is 30.7 Å². The molecule has 1 saturated heterocycles. The van der Waals surface area contributed by atoms with Crippen LogP contribution in [0.4, 0.5) is 19.0 Å². The van der Waals surface area contributed by atoms with Crippen LogP contribution in [0.1, 0.15) is 45.9 Å². The average Bonchev–Trinajstić information content (AvgIpc) is 2.44. The summed E-state index contributed by atoms with van der Waals surface area (Å²) in [5.74, 6) is 0.309. The fourth-order valence-corrected chi connectivity index (χ4v) is 2.94. The minimum absolute atomic E-state index is 0.0431. The molecule has 1 fully saturated rings. The molecule has 0 saturated carbocycles. The monoisotopic (exact) mass is 345 g/mol. The molecule has 7 heteroatoms. The molecular formula is C17H26F3N3O. The Morgan fingerprint density at radius 1 is 0.958 bits per heavy atom. The quantitative estimate of drug-likeness (QED) is 0.893. The highest BCUT2D eigenvalue weighted by Gasteiger charge is 2.40. The molecule has 1 aromatic heterocycles. The van der Waals surface area contributed by atoms with Crippen LogP contribution in [-0.2, 0) is 11.8 Å². The molecule has 0 aliphatic carbocycles. The standard InChI is InChI=1S/C17H26F3N3O/c1-15(2,3)23-10-8-22(9-11-23)13-7-6-12(16(4,5)24)14(21-13)17(18,19)20/h6-7,24H,8-11H2,1-5H3. The maximum atomic E-state index is 13.3. The van der Waals surface area contributed by atoms with Crippen molar-refractivity contribution in [2.45, 2.75) is 51.9 Å². The molecule has 0 unspecified atom stereocenters. The second kappa shape index (κ2) is 6.19. The van der Waals surface area contributed by atoms with Crippen LogP contribution < -0.4 is 4.90 Å². The number of anilines is 1. The van der Waals surface area contributed by atoms with Gasteiger partial charge in [0.15, 0.2) is 5.69 Å². The maximum absolute atomic E-state index is 13.3. The summed E-state index contributed by atoms with van der Waals surface area (Å²) in [6.07, 6.45) is -4.60. The zero-order chi connectivity index (χ0) is 18.3. The maximum Gasteiger partial charge on any atom is 0.433 e. The molecule has 1 aliphatic heterocycles. The van der Waals surface area contributed by atoms with Gasteiger partial charge in [-0.15, -0.1) is 0 Å². The molecule has 1 aromatic rings. The zero-order valence-electron chi connectivity index (χ0n) is 14.9. The molecule has 0 amide bonds. The summed E-state index contributed by atoms with van der Waals surface area (Å²) in [7, 11) is 0. The van der Waals surface area contributed by atoms with E-state index in [1.807, 2.05) is 4.90 Å². The Morgan fingerprint density at radius 3 is 1.92 bits per heavy atom. The van der Waals surface area contributed by atoms with Crippen LogP contribution in [0.2, 0.25) is 0 Å². The Morgan fingerprint density at radius 2 is 1.50 bits per heavy atom. The Hall–Kier alpha value is -1.34. The number of halogens is 3. The molecular weight excluding hydrogens is 319 g/mol. The molecule has 2 heterocycles. The fourth-order valence-electron chi connectivity index (χ4n) is 2.94. The van der Waals surface area contributed by atoms with Crippen LogP contribution in [0.25, 0.3) is 0 Å². The van der Waals surface area contributed by atoms with Gasteiger partial charge in [-0.1, -0.05) is 6.07 Å². The Labute approximate surface area is 141 Å². The van der Waals surface area contributed by atoms with Gasteiger partial charge < -0.3 is 10.0 Å². The van der Waals surface area contributed by atoms with Crippen LogP contribution in [0.3, 0.4) is 0 Å². The van der Waals surface area contributed by atoms with E-state index < -0.39 is 17.5 Å². The second-order valence-corrected chi connectivity index (χ2v) is 7.77. The van der Waals surface area contributed by atoms with Gasteiger partial charge >= 0.3 is 6.18 Å². The first kappa shape index (κ1) is 19.0. The van der Waals surface area contributed by atoms with Gasteiger partial charge in [0, 0.05) is 37.3 Å². The molecule has 0 aromatic carbocycles. The molecule has 0 radical (unpaired) electrons. The molecule has 136 valence electrons. The second-order valence-electron chi connectivity index (χ2n) is 7.77. The number of rotatable bonds is 2. The van der Waals surface area contributed by atoms with Gasteiger partial charge in [-0.25, -0.2) is 4.98 Å². The number of hydrogen-bond donors (Lipinski definition) is 1. The SMILES string of the molecule is CC(C)(O)c1ccc(N2CCN(C(C)(C)C)CC2)nc1C(F)(F)F. The van der Waals surface area contributed by atoms with Crippen molar-refractivity contribution in [2.75, 3.05) is 31.1 Å². The molecule has 0 spiro atoms. The van der Waals surface area contributed by atoms with Crippen LogP contribution >= 0.6 is 0 Å². The van der Waals surface area contributed by atoms with E-state index in [1.54, 1.807) is 6.07 Å². The van der Waals surface area contributed by atoms with Crippen molar-refractivity contribution in [3.8, 4) is 0 Å². The normalized spacial score (nSPS) is 18.1. The van der Waals surface area contributed by atoms with Gasteiger partial charge in [0.05, 0.1) is 5.60 Å². The van der Waals surface area contributed by atoms with E-state index in [9.17, 15) is 18.3 Å². The van der Waals surface area contributed by atoms with Gasteiger partial charge in [0.25, 0.3) is 0 Å². The molecule has 1 aliphatic rings. The first-order valence-corrected chi connectivity index (χ1v) is 8.11. The molecule has 4 nitrogen and oxygen atoms in total. The van der Waals surface area contributed by atoms with E-state index in [0.29, 0.717) is 18.9 Å². The lowest BCUT2D eigenvalue weighted by molar-refractivity contribution is -0.143. The predicted molar refractivity (Wildman–Crippen MR) is 88.0 cm³/mol. The summed E-state index contributed by atoms with van der Waals surface area (Å²) < 4.78 is 40.0. The lowest BCUT2D eigenvalue weighted by Gasteiger charge is -2.42. The third-order valence-corrected chi connectivity index (χ3v) is 4.36. The summed E-state index contributed by atoms with van der Waals surface area (Å²) in [6, 6.07) is 2.90. The van der Waals surface area contributed by atoms with Crippen LogP contribution in [-0.4, -0.2) is 46.7 Å². The summed E-state index contributed by atoms with van der Waals surface area (Å²) in [4.78, 5) is 8.02. The number of piperazine rings is 1. The van der Waals surface area contributed by atoms with Crippen molar-refractivity contribution in [2.24, 2.45) is 0 Å². The number of aromatic nitrogens is 1. The molecule has 24 heavy (non-hydrogen) atoms. The largest absolute Gasteiger partial charge is 0.433 e. The summed E-state index contributed by atoms with van der Waals surface area (Å²) >= 11 is 0. The van der Waals surface area contributed by atoms with Gasteiger partial charge in [-0.2, -0.15) is 13.2 Å². The molecule has 1 N–H and O–H groups in total. The topological polar surface area (TPSA) is 39.6 Å². The highest BCUT2D eigenvalue weighted by Crippen LogP contribution is 2.36. The Bertz CT molecular complexity index is 580. The minimum Gasteiger partial charge on any atom is -0.386 e. The van der Waals surface area contributed by atoms with Crippen molar-refractivity contribution in [1.29, 1.82) is 0 Å². The van der Waals surface area contributed by atoms with Crippen molar-refractivity contribution < 1.29 is 18.3 Å². The van der Waals surface area contributed by atoms with E-state index in [4.69, 9.17) is 0 Å². The highest BCUT2D eigenvalue weighted by atomic mass is 19.4. The van der Waals surface area contributed by atoms with Crippen LogP contribution in [0, 0.1) is 0 Å². The highest BCUT2D eigenvalue weighted by molar-refractivity contribution is 5.44. The van der Waals surface area contributed by atoms with Gasteiger partial charge in [-0.05, 0) is 40.7 Å². The first-order valence-electron chi connectivity index (χ1n) is 8.11. The number of hydrogen-bond acceptors (Lipinski definition) is 4. The van der Waals surface area contributed by atoms with Crippen molar-refractivity contribution >= 4 is 5.82 Å². The smallest absolute Gasteiger partial charge is 0.386 e. The number of pyridine rings is 1. The van der Waals surface area contributed by atoms with Crippen molar-refractivity contribution in [3.05, 3.63) is 23.4 Å². The number of alkyl halides is 3. The third-order valence-electron chi connectivity index (χ3n) is 4.36. The lowest BCUT2D eigenvalue weighted by atomic mass is 9.96. The number of nitrogens with zero attached hydrogens (tertiary/aromatic N) is 3. The Kier molecular flexibility index (Phi) is 4.89. The van der Waals surface area contributed by atoms with E-state index in [-0.39, 0.29) is 11.1 Å². The first-order chi connectivity index (χ1) is 10.8. The van der Waals surface area contributed by atoms with Gasteiger partial charge in [0.2, 0.25) is 0 Å². The summed E-state index contributed by atoms with van der Waals surface area (Å²) in [5, 5.41) is 10.00. The number of aliphatic hydroxyl groups is 1. The van der Waals surface area contributed by atoms with Gasteiger partial charge in [0.1, 0.15) is 5.82 Å². The van der Waals surface area contributed by atoms with Crippen molar-refractivity contribution in [3.63, 3.8) is 0 Å². The molecule has 0 bridgehead atoms. The van der Waals surface area contributed by atoms with E-state index in [1.165, 1.54) is 19.9 Å².